The highest BCUT2D eigenvalue weighted by atomic mass is 35.5. The zero-order valence-corrected chi connectivity index (χ0v) is 16.7. The van der Waals surface area contributed by atoms with Gasteiger partial charge in [0.2, 0.25) is 0 Å². The highest BCUT2D eigenvalue weighted by Gasteiger charge is 2.36. The molecule has 0 nitrogen and oxygen atoms in total. The van der Waals surface area contributed by atoms with E-state index in [1.807, 2.05) is 12.1 Å². The van der Waals surface area contributed by atoms with Gasteiger partial charge in [-0.25, -0.2) is 0 Å². The molecule has 0 heterocycles. The summed E-state index contributed by atoms with van der Waals surface area (Å²) in [6.07, 6.45) is 0. The number of benzene rings is 4. The summed E-state index contributed by atoms with van der Waals surface area (Å²) in [5, 5.41) is 3.95. The molecule has 27 heavy (non-hydrogen) atoms. The molecule has 4 aromatic rings. The van der Waals surface area contributed by atoms with E-state index < -0.39 is 0 Å². The van der Waals surface area contributed by atoms with Gasteiger partial charge in [0, 0.05) is 15.5 Å². The molecule has 0 unspecified atom stereocenters. The lowest BCUT2D eigenvalue weighted by molar-refractivity contribution is 0.666. The molecule has 0 N–H and O–H groups in total. The molecule has 0 saturated heterocycles. The van der Waals surface area contributed by atoms with Crippen LogP contribution in [0.1, 0.15) is 25.0 Å². The van der Waals surface area contributed by atoms with Gasteiger partial charge < -0.3 is 0 Å². The van der Waals surface area contributed by atoms with Gasteiger partial charge in [0.15, 0.2) is 0 Å². The Hall–Kier alpha value is -2.28. The Morgan fingerprint density at radius 2 is 1.37 bits per heavy atom. The van der Waals surface area contributed by atoms with Crippen molar-refractivity contribution in [2.45, 2.75) is 19.3 Å². The first-order valence-corrected chi connectivity index (χ1v) is 9.84. The van der Waals surface area contributed by atoms with Crippen LogP contribution in [0.4, 0.5) is 0 Å². The molecule has 0 atom stereocenters. The normalized spacial score (nSPS) is 14.2. The van der Waals surface area contributed by atoms with Crippen molar-refractivity contribution in [1.82, 2.24) is 0 Å². The number of hydrogen-bond donors (Lipinski definition) is 0. The van der Waals surface area contributed by atoms with E-state index in [1.54, 1.807) is 6.07 Å². The Bertz CT molecular complexity index is 1200. The predicted molar refractivity (Wildman–Crippen MR) is 117 cm³/mol. The number of halogens is 2. The maximum atomic E-state index is 6.23. The van der Waals surface area contributed by atoms with Crippen LogP contribution in [0.2, 0.25) is 10.0 Å². The molecule has 1 aliphatic rings. The highest BCUT2D eigenvalue weighted by molar-refractivity contribution is 6.35. The second-order valence-corrected chi connectivity index (χ2v) is 8.63. The SMILES string of the molecule is CC1(C)c2cc(-c3cc(Cl)cc(Cl)c3)ccc2-c2ccc3ccccc3c21. The summed E-state index contributed by atoms with van der Waals surface area (Å²) in [6, 6.07) is 25.6. The van der Waals surface area contributed by atoms with E-state index in [0.29, 0.717) is 10.0 Å². The minimum Gasteiger partial charge on any atom is -0.0843 e. The minimum absolute atomic E-state index is 0.0656. The van der Waals surface area contributed by atoms with Crippen LogP contribution in [0.3, 0.4) is 0 Å². The molecule has 0 saturated carbocycles. The third-order valence-electron chi connectivity index (χ3n) is 5.73. The molecule has 0 amide bonds. The third kappa shape index (κ3) is 2.51. The summed E-state index contributed by atoms with van der Waals surface area (Å²) in [4.78, 5) is 0. The summed E-state index contributed by atoms with van der Waals surface area (Å²) in [7, 11) is 0. The van der Waals surface area contributed by atoms with Gasteiger partial charge in [-0.1, -0.05) is 85.6 Å². The van der Waals surface area contributed by atoms with Crippen molar-refractivity contribution in [2.24, 2.45) is 0 Å². The van der Waals surface area contributed by atoms with Crippen molar-refractivity contribution in [1.29, 1.82) is 0 Å². The maximum absolute atomic E-state index is 6.23. The van der Waals surface area contributed by atoms with Gasteiger partial charge >= 0.3 is 0 Å². The molecule has 0 bridgehead atoms. The zero-order valence-electron chi connectivity index (χ0n) is 15.2. The van der Waals surface area contributed by atoms with Crippen molar-refractivity contribution >= 4 is 34.0 Å². The van der Waals surface area contributed by atoms with Crippen LogP contribution < -0.4 is 0 Å². The molecular formula is C25H18Cl2. The van der Waals surface area contributed by atoms with Crippen LogP contribution in [-0.2, 0) is 5.41 Å². The molecule has 5 rings (SSSR count). The average Bonchev–Trinajstić information content (AvgIpc) is 2.88. The lowest BCUT2D eigenvalue weighted by Crippen LogP contribution is -2.15. The standard InChI is InChI=1S/C25H18Cl2/c1-25(2)23-13-16(17-11-18(26)14-19(27)12-17)8-9-21(23)22-10-7-15-5-3-4-6-20(15)24(22)25/h3-14H,1-2H3. The van der Waals surface area contributed by atoms with Crippen LogP contribution in [-0.4, -0.2) is 0 Å². The summed E-state index contributed by atoms with van der Waals surface area (Å²) in [5.41, 5.74) is 7.54. The van der Waals surface area contributed by atoms with E-state index in [-0.39, 0.29) is 5.41 Å². The molecule has 0 aromatic heterocycles. The zero-order chi connectivity index (χ0) is 18.8. The molecule has 0 radical (unpaired) electrons. The van der Waals surface area contributed by atoms with Crippen LogP contribution in [0.15, 0.2) is 72.8 Å². The van der Waals surface area contributed by atoms with Gasteiger partial charge in [-0.3, -0.25) is 0 Å². The van der Waals surface area contributed by atoms with Gasteiger partial charge in [0.1, 0.15) is 0 Å². The first kappa shape index (κ1) is 16.9. The van der Waals surface area contributed by atoms with Gasteiger partial charge in [-0.05, 0) is 68.4 Å². The molecule has 0 spiro atoms. The van der Waals surface area contributed by atoms with Crippen LogP contribution >= 0.6 is 23.2 Å². The van der Waals surface area contributed by atoms with E-state index in [9.17, 15) is 0 Å². The minimum atomic E-state index is -0.0656. The van der Waals surface area contributed by atoms with E-state index in [1.165, 1.54) is 33.0 Å². The van der Waals surface area contributed by atoms with Crippen LogP contribution in [0, 0.1) is 0 Å². The molecule has 0 aliphatic heterocycles. The van der Waals surface area contributed by atoms with Crippen LogP contribution in [0.5, 0.6) is 0 Å². The van der Waals surface area contributed by atoms with Crippen molar-refractivity contribution in [3.8, 4) is 22.3 Å². The fourth-order valence-corrected chi connectivity index (χ4v) is 5.03. The Labute approximate surface area is 169 Å². The third-order valence-corrected chi connectivity index (χ3v) is 6.17. The summed E-state index contributed by atoms with van der Waals surface area (Å²) in [6.45, 7) is 4.64. The van der Waals surface area contributed by atoms with Gasteiger partial charge in [0.05, 0.1) is 0 Å². The van der Waals surface area contributed by atoms with Gasteiger partial charge in [-0.2, -0.15) is 0 Å². The Morgan fingerprint density at radius 1 is 0.667 bits per heavy atom. The smallest absolute Gasteiger partial charge is 0.0426 e. The van der Waals surface area contributed by atoms with Gasteiger partial charge in [0.25, 0.3) is 0 Å². The largest absolute Gasteiger partial charge is 0.0843 e. The molecule has 2 heteroatoms. The van der Waals surface area contributed by atoms with Crippen molar-refractivity contribution < 1.29 is 0 Å². The second-order valence-electron chi connectivity index (χ2n) is 7.75. The topological polar surface area (TPSA) is 0 Å². The molecule has 4 aromatic carbocycles. The number of rotatable bonds is 1. The summed E-state index contributed by atoms with van der Waals surface area (Å²) >= 11 is 12.5. The average molecular weight is 389 g/mol. The quantitative estimate of drug-likeness (QED) is 0.308. The van der Waals surface area contributed by atoms with E-state index in [0.717, 1.165) is 11.1 Å². The molecule has 132 valence electrons. The lowest BCUT2D eigenvalue weighted by atomic mass is 9.79. The highest BCUT2D eigenvalue weighted by Crippen LogP contribution is 2.52. The number of hydrogen-bond acceptors (Lipinski definition) is 0. The first-order valence-electron chi connectivity index (χ1n) is 9.09. The molecular weight excluding hydrogens is 371 g/mol. The Balaban J connectivity index is 1.76. The lowest BCUT2D eigenvalue weighted by Gasteiger charge is -2.23. The molecule has 0 fully saturated rings. The fourth-order valence-electron chi connectivity index (χ4n) is 4.50. The second kappa shape index (κ2) is 5.86. The molecule has 1 aliphatic carbocycles. The van der Waals surface area contributed by atoms with Crippen LogP contribution in [0.25, 0.3) is 33.0 Å². The number of fused-ring (bicyclic) bond motifs is 5. The maximum Gasteiger partial charge on any atom is 0.0426 e. The first-order chi connectivity index (χ1) is 12.9. The van der Waals surface area contributed by atoms with Crippen molar-refractivity contribution in [3.63, 3.8) is 0 Å². The Morgan fingerprint density at radius 3 is 2.15 bits per heavy atom. The van der Waals surface area contributed by atoms with Crippen molar-refractivity contribution in [2.75, 3.05) is 0 Å². The summed E-state index contributed by atoms with van der Waals surface area (Å²) in [5.74, 6) is 0. The van der Waals surface area contributed by atoms with E-state index in [4.69, 9.17) is 23.2 Å². The fraction of sp³-hybridized carbons (Fsp3) is 0.120. The van der Waals surface area contributed by atoms with Crippen molar-refractivity contribution in [3.05, 3.63) is 94.0 Å². The van der Waals surface area contributed by atoms with Gasteiger partial charge in [-0.15, -0.1) is 0 Å². The monoisotopic (exact) mass is 388 g/mol. The van der Waals surface area contributed by atoms with E-state index in [2.05, 4.69) is 68.4 Å². The summed E-state index contributed by atoms with van der Waals surface area (Å²) < 4.78 is 0. The predicted octanol–water partition coefficient (Wildman–Crippen LogP) is 8.12. The van der Waals surface area contributed by atoms with E-state index >= 15 is 0 Å². The Kier molecular flexibility index (Phi) is 3.66.